The number of anilines is 1. The van der Waals surface area contributed by atoms with Crippen molar-refractivity contribution in [1.29, 1.82) is 0 Å². The molecule has 0 amide bonds. The van der Waals surface area contributed by atoms with E-state index in [4.69, 9.17) is 38.4 Å². The zero-order valence-electron chi connectivity index (χ0n) is 21.9. The molecule has 15 heteroatoms. The molecule has 7 rings (SSSR count). The van der Waals surface area contributed by atoms with Gasteiger partial charge in [-0.05, 0) is 28.3 Å². The van der Waals surface area contributed by atoms with Gasteiger partial charge in [-0.1, -0.05) is 66.2 Å². The number of carbonyl (C=O) groups is 1. The van der Waals surface area contributed by atoms with Gasteiger partial charge in [-0.25, -0.2) is 14.8 Å². The first-order valence-corrected chi connectivity index (χ1v) is 14.6. The van der Waals surface area contributed by atoms with E-state index in [0.29, 0.717) is 5.56 Å². The molecule has 0 spiro atoms. The quantitative estimate of drug-likeness (QED) is 0.182. The number of aromatic nitrogens is 5. The van der Waals surface area contributed by atoms with Crippen molar-refractivity contribution in [2.24, 2.45) is 0 Å². The lowest BCUT2D eigenvalue weighted by atomic mass is 9.90. The molecule has 2 aromatic carbocycles. The number of nitrogen functional groups attached to an aromatic ring is 1. The molecule has 5 aromatic rings. The molecule has 1 aliphatic heterocycles. The van der Waals surface area contributed by atoms with Crippen LogP contribution in [0.5, 0.6) is 0 Å². The molecule has 2 fully saturated rings. The monoisotopic (exact) mass is 640 g/mol. The molecule has 6 atom stereocenters. The molecule has 2 aliphatic rings. The third kappa shape index (κ3) is 4.47. The van der Waals surface area contributed by atoms with Gasteiger partial charge < -0.3 is 30.5 Å². The normalized spacial score (nSPS) is 25.9. The minimum absolute atomic E-state index is 0.0382. The molecule has 1 aliphatic carbocycles. The van der Waals surface area contributed by atoms with Crippen LogP contribution in [0.4, 0.5) is 5.82 Å². The number of aliphatic hydroxyl groups is 2. The molecule has 3 aromatic heterocycles. The van der Waals surface area contributed by atoms with Crippen molar-refractivity contribution in [2.45, 2.75) is 42.2 Å². The molecule has 1 saturated heterocycles. The van der Waals surface area contributed by atoms with Crippen LogP contribution in [0.3, 0.4) is 0 Å². The maximum atomic E-state index is 13.0. The number of benzene rings is 2. The van der Waals surface area contributed by atoms with Crippen molar-refractivity contribution in [2.75, 3.05) is 5.73 Å². The number of aliphatic hydroxyl groups excluding tert-OH is 1. The van der Waals surface area contributed by atoms with E-state index in [9.17, 15) is 20.1 Å². The highest BCUT2D eigenvalue weighted by atomic mass is 35.5. The van der Waals surface area contributed by atoms with Gasteiger partial charge in [0.05, 0.1) is 12.0 Å². The smallest absolute Gasteiger partial charge is 0.342 e. The number of halogens is 2. The maximum absolute atomic E-state index is 13.0. The molecular weight excluding hydrogens is 619 g/mol. The van der Waals surface area contributed by atoms with Crippen LogP contribution in [-0.4, -0.2) is 69.7 Å². The highest BCUT2D eigenvalue weighted by molar-refractivity contribution is 7.14. The summed E-state index contributed by atoms with van der Waals surface area (Å²) in [5.74, 6) is -1.31. The van der Waals surface area contributed by atoms with E-state index < -0.39 is 41.7 Å². The number of nitrogens with zero attached hydrogens (tertiary/aromatic N) is 5. The number of ether oxygens (including phenoxy) is 2. The Morgan fingerprint density at radius 1 is 1.12 bits per heavy atom. The number of rotatable bonds is 8. The number of carboxylic acids is 1. The first-order chi connectivity index (χ1) is 20.6. The van der Waals surface area contributed by atoms with Crippen LogP contribution in [0.2, 0.25) is 9.75 Å². The second kappa shape index (κ2) is 10.2. The van der Waals surface area contributed by atoms with Crippen molar-refractivity contribution in [3.63, 3.8) is 0 Å². The van der Waals surface area contributed by atoms with Crippen molar-refractivity contribution < 1.29 is 29.6 Å². The predicted octanol–water partition coefficient (Wildman–Crippen LogP) is 3.45. The van der Waals surface area contributed by atoms with Crippen LogP contribution in [0.25, 0.3) is 22.3 Å². The molecule has 0 radical (unpaired) electrons. The van der Waals surface area contributed by atoms with Crippen LogP contribution in [0, 0.1) is 0 Å². The van der Waals surface area contributed by atoms with Crippen LogP contribution in [0.1, 0.15) is 17.5 Å². The molecule has 1 saturated carbocycles. The zero-order chi connectivity index (χ0) is 30.1. The van der Waals surface area contributed by atoms with Gasteiger partial charge in [-0.2, -0.15) is 9.97 Å². The number of hydrogen-bond acceptors (Lipinski definition) is 11. The third-order valence-electron chi connectivity index (χ3n) is 7.88. The van der Waals surface area contributed by atoms with Gasteiger partial charge in [0.15, 0.2) is 27.8 Å². The summed E-state index contributed by atoms with van der Waals surface area (Å²) in [7, 11) is 0. The molecule has 5 N–H and O–H groups in total. The first kappa shape index (κ1) is 28.1. The van der Waals surface area contributed by atoms with E-state index >= 15 is 0 Å². The fraction of sp³-hybridized carbons (Fsp3) is 0.250. The topological polar surface area (TPSA) is 179 Å². The Balaban J connectivity index is 1.19. The number of hydrogen-bond donors (Lipinski definition) is 4. The second-order valence-electron chi connectivity index (χ2n) is 10.4. The number of imidazole rings is 1. The molecule has 43 heavy (non-hydrogen) atoms. The van der Waals surface area contributed by atoms with E-state index in [1.165, 1.54) is 16.3 Å². The molecule has 220 valence electrons. The first-order valence-electron chi connectivity index (χ1n) is 13.0. The third-order valence-corrected chi connectivity index (χ3v) is 9.03. The summed E-state index contributed by atoms with van der Waals surface area (Å²) >= 11 is 13.1. The van der Waals surface area contributed by atoms with Gasteiger partial charge in [0.25, 0.3) is 0 Å². The lowest BCUT2D eigenvalue weighted by molar-refractivity contribution is -0.186. The summed E-state index contributed by atoms with van der Waals surface area (Å²) < 4.78 is 13.7. The van der Waals surface area contributed by atoms with E-state index in [1.54, 1.807) is 0 Å². The SMILES string of the molecule is Nc1nc(Cl)nc2c1ncn2[C@@H]1O[C@@H]2C(OC(Cc3ccc(-c4ccccc4)cc3)(C(=O)O)c3csc(Cl)n3)[C@]2(O)[C@H]1O. The van der Waals surface area contributed by atoms with Gasteiger partial charge in [0.1, 0.15) is 23.8 Å². The summed E-state index contributed by atoms with van der Waals surface area (Å²) in [4.78, 5) is 29.4. The van der Waals surface area contributed by atoms with Crippen molar-refractivity contribution in [3.05, 3.63) is 87.3 Å². The summed E-state index contributed by atoms with van der Waals surface area (Å²) in [5, 5.41) is 34.7. The Bertz CT molecular complexity index is 1860. The lowest BCUT2D eigenvalue weighted by Gasteiger charge is -2.31. The summed E-state index contributed by atoms with van der Waals surface area (Å²) in [6.45, 7) is 0. The van der Waals surface area contributed by atoms with Crippen LogP contribution < -0.4 is 5.73 Å². The summed E-state index contributed by atoms with van der Waals surface area (Å²) in [6.07, 6.45) is -3.78. The Kier molecular flexibility index (Phi) is 6.67. The predicted molar refractivity (Wildman–Crippen MR) is 157 cm³/mol. The van der Waals surface area contributed by atoms with E-state index in [0.717, 1.165) is 22.5 Å². The lowest BCUT2D eigenvalue weighted by Crippen LogP contribution is -2.46. The second-order valence-corrected chi connectivity index (χ2v) is 12.2. The number of thiazole rings is 1. The fourth-order valence-electron chi connectivity index (χ4n) is 5.59. The largest absolute Gasteiger partial charge is 0.479 e. The minimum atomic E-state index is -2.06. The van der Waals surface area contributed by atoms with Gasteiger partial charge in [0.2, 0.25) is 10.9 Å². The Morgan fingerprint density at radius 3 is 2.47 bits per heavy atom. The molecule has 4 heterocycles. The van der Waals surface area contributed by atoms with Crippen molar-refractivity contribution >= 4 is 57.5 Å². The van der Waals surface area contributed by atoms with E-state index in [-0.39, 0.29) is 38.8 Å². The Labute approximate surface area is 257 Å². The van der Waals surface area contributed by atoms with Crippen LogP contribution in [0.15, 0.2) is 66.3 Å². The summed E-state index contributed by atoms with van der Waals surface area (Å²) in [6, 6.07) is 17.1. The van der Waals surface area contributed by atoms with Gasteiger partial charge in [0, 0.05) is 11.8 Å². The number of aliphatic carboxylic acids is 1. The summed E-state index contributed by atoms with van der Waals surface area (Å²) in [5.41, 5.74) is 4.99. The Morgan fingerprint density at radius 2 is 1.84 bits per heavy atom. The molecular formula is C28H22Cl2N6O6S. The maximum Gasteiger partial charge on any atom is 0.342 e. The number of nitrogens with two attached hydrogens (primary N) is 1. The number of fused-ring (bicyclic) bond motifs is 2. The fourth-order valence-corrected chi connectivity index (χ4v) is 6.59. The Hall–Kier alpha value is -3.69. The highest BCUT2D eigenvalue weighted by Crippen LogP contribution is 2.57. The van der Waals surface area contributed by atoms with E-state index in [1.807, 2.05) is 54.6 Å². The number of carboxylic acid groups (broad SMARTS) is 1. The van der Waals surface area contributed by atoms with Crippen LogP contribution >= 0.6 is 34.5 Å². The van der Waals surface area contributed by atoms with Gasteiger partial charge in [-0.15, -0.1) is 11.3 Å². The van der Waals surface area contributed by atoms with Gasteiger partial charge >= 0.3 is 5.97 Å². The van der Waals surface area contributed by atoms with Gasteiger partial charge in [-0.3, -0.25) is 4.57 Å². The molecule has 2 unspecified atom stereocenters. The van der Waals surface area contributed by atoms with E-state index in [2.05, 4.69) is 19.9 Å². The van der Waals surface area contributed by atoms with Crippen LogP contribution in [-0.2, 0) is 26.3 Å². The highest BCUT2D eigenvalue weighted by Gasteiger charge is 2.79. The van der Waals surface area contributed by atoms with Crippen molar-refractivity contribution in [1.82, 2.24) is 24.5 Å². The molecule has 0 bridgehead atoms. The average molecular weight is 641 g/mol. The molecule has 12 nitrogen and oxygen atoms in total. The minimum Gasteiger partial charge on any atom is -0.479 e. The standard InChI is InChI=1S/C28H22Cl2N6O6S/c29-25-34-21(31)17-22(35-25)36(12-32-17)23-18(37)28(40)19(41-23)20(28)42-27(24(38)39,16-11-43-26(30)33-16)10-13-6-8-15(9-7-13)14-4-2-1-3-5-14/h1-9,11-12,18-20,23,37,40H,10H2,(H,38,39)(H2,31,34,35)/t18-,19+,20?,23+,27?,28-/m0/s1. The average Bonchev–Trinajstić information content (AvgIpc) is 3.40. The van der Waals surface area contributed by atoms with Crippen molar-refractivity contribution in [3.8, 4) is 11.1 Å². The zero-order valence-corrected chi connectivity index (χ0v) is 24.2.